The Bertz CT molecular complexity index is 7540. The first-order valence-corrected chi connectivity index (χ1v) is 47.1. The Hall–Kier alpha value is -14.9. The third-order valence-electron chi connectivity index (χ3n) is 24.5. The predicted molar refractivity (Wildman–Crippen MR) is 597 cm³/mol. The number of methoxy groups -OCH3 is 2. The Balaban J connectivity index is -0.0000000822. The van der Waals surface area contributed by atoms with Gasteiger partial charge >= 0.3 is 24.2 Å². The maximum absolute atomic E-state index is 15.2. The number of sulfone groups is 2. The standard InChI is InChI=1S/C32H33FN4O8S2.C28H29FN8O3.C23H21FN8O.C6H4N2O.C6H12N2.CH4.40H2/c1-32(2,3)45-31(38)37(4)25-16-21(33)15-24-26-28(34-27(24)25)35-30(47(41,42)18-20-9-13-23(44-6)14-10-20)36-29(26)46(39,40)17-19-7-11-22(43-5)12-8-19;1-28(2,3)40-27(38)36(4)21-9-15(29)8-19-22-24(33-23(19)21)34-26(39-18-6-5-16(11-30)32-12-18)35-25(22)37-13-14-7-17(37)10-20(14)31;1-27-18-6-12(24)5-16-19-21(29-20(16)18)30-23(33-15-3-2-13(8-25)28-9-15)31-22(19)32-10-11-4-14(32)7-17(11)26;7-3-5-1-2-6(9)4-8-5;7-6-2-5-1-4(6)3-8-5;;;;;;;;;;;;;;;;;;;;;;;;;;;;;;;;;;;;;;;;;/h7-16H,17-18H2,1-6H3,(H,34,35,36);5-6,8-9,12,14,17,20H,7,10,13,31H2,1-4H3,(H,33,34,35);2-3,5-6,9,11,14,17,27H,4,7,10,26H2,1H3,(H,29,30,31);1-2,4,9H;4-6,8H,1-3,7H2;1H4;40*1H/t;14-,17-,20-;11-,14-,17-;;4-,5-,6-;;;;;;;;;;;;;;;;;;;;;;;;;;;;;;;;;;;;;;;;;/m.11.1........................................./s1/i;;;;;;40*1+1D. The fourth-order valence-corrected chi connectivity index (χ4v) is 20.7. The van der Waals surface area contributed by atoms with Crippen molar-refractivity contribution in [1.82, 2.24) is 65.1 Å². The minimum absolute atomic E-state index is 0. The smallest absolute Gasteiger partial charge is 0.414 e. The number of rotatable bonds is 17. The van der Waals surface area contributed by atoms with E-state index in [-0.39, 0.29) is 88.5 Å². The van der Waals surface area contributed by atoms with Crippen molar-refractivity contribution in [2.24, 2.45) is 35.0 Å². The molecule has 138 heavy (non-hydrogen) atoms. The van der Waals surface area contributed by atoms with E-state index < -0.39 is 76.4 Å². The van der Waals surface area contributed by atoms with Gasteiger partial charge in [-0.2, -0.15) is 35.7 Å². The molecule has 6 bridgehead atoms. The lowest BCUT2D eigenvalue weighted by Crippen LogP contribution is -2.41. The van der Waals surface area contributed by atoms with Crippen molar-refractivity contribution in [3.63, 3.8) is 0 Å². The van der Waals surface area contributed by atoms with Gasteiger partial charge in [0.25, 0.3) is 5.16 Å². The molecule has 42 heteroatoms. The maximum atomic E-state index is 15.2. The Labute approximate surface area is 915 Å². The van der Waals surface area contributed by atoms with E-state index in [0.29, 0.717) is 126 Å². The van der Waals surface area contributed by atoms with Gasteiger partial charge in [-0.3, -0.25) is 9.80 Å². The highest BCUT2D eigenvalue weighted by atomic mass is 32.2. The van der Waals surface area contributed by atoms with Crippen molar-refractivity contribution in [1.29, 1.82) is 15.8 Å². The van der Waals surface area contributed by atoms with Crippen molar-refractivity contribution in [2.45, 2.75) is 157 Å². The van der Waals surface area contributed by atoms with Crippen LogP contribution >= 0.6 is 0 Å². The van der Waals surface area contributed by atoms with Crippen LogP contribution in [0.2, 0.25) is 0 Å². The predicted octanol–water partition coefficient (Wildman–Crippen LogP) is 24.3. The first kappa shape index (κ1) is 58.5. The van der Waals surface area contributed by atoms with Gasteiger partial charge in [0, 0.05) is 205 Å². The van der Waals surface area contributed by atoms with Gasteiger partial charge in [-0.15, -0.1) is 0 Å². The van der Waals surface area contributed by atoms with Crippen molar-refractivity contribution in [3.8, 4) is 59.0 Å². The van der Waals surface area contributed by atoms with Crippen molar-refractivity contribution < 1.29 is 192 Å². The zero-order valence-corrected chi connectivity index (χ0v) is 78.1. The number of ether oxygens (including phenoxy) is 6. The number of hydrogen-bond donors (Lipinski definition) is 9. The van der Waals surface area contributed by atoms with E-state index in [9.17, 15) is 30.8 Å². The number of H-pyrrole nitrogens is 3. The second-order valence-electron chi connectivity index (χ2n) is 36.2. The van der Waals surface area contributed by atoms with Crippen LogP contribution in [0.4, 0.5) is 51.5 Å². The quantitative estimate of drug-likeness (QED) is 0.0302. The molecule has 12 N–H and O–H groups in total. The molecule has 3 aliphatic heterocycles. The van der Waals surface area contributed by atoms with Crippen LogP contribution in [0.1, 0.15) is 234 Å². The summed E-state index contributed by atoms with van der Waals surface area (Å²) >= 11 is 0. The Morgan fingerprint density at radius 1 is 0.536 bits per heavy atom. The van der Waals surface area contributed by atoms with Gasteiger partial charge in [-0.1, -0.05) is 31.7 Å². The number of fused-ring (bicyclic) bond motifs is 15. The minimum atomic E-state index is -4.39. The zero-order valence-electron chi connectivity index (χ0n) is 156. The second-order valence-corrected chi connectivity index (χ2v) is 40.0. The summed E-state index contributed by atoms with van der Waals surface area (Å²) in [6, 6.07) is 37.7. The van der Waals surface area contributed by atoms with Crippen molar-refractivity contribution >= 4 is 126 Å². The molecule has 6 aliphatic rings. The molecule has 9 atom stereocenters. The fraction of sp³-hybridized carbons (Fsp3) is 0.354. The number of carbonyl (C=O) groups excluding carboxylic acids is 2. The highest BCUT2D eigenvalue weighted by Crippen LogP contribution is 2.48. The molecule has 798 valence electrons. The molecule has 3 saturated carbocycles. The number of halogens is 3. The number of pyridine rings is 3. The number of nitrogens with zero attached hydrogens (tertiary/aromatic N) is 16. The zero-order chi connectivity index (χ0) is 178. The molecule has 0 spiro atoms. The summed E-state index contributed by atoms with van der Waals surface area (Å²) in [7, 11) is -1.11. The minimum Gasteiger partial charge on any atom is -0.506 e. The summed E-state index contributed by atoms with van der Waals surface area (Å²) in [6.45, 7) is 13.0. The number of amides is 2. The normalized spacial score (nSPS) is 21.2. The van der Waals surface area contributed by atoms with Gasteiger partial charge in [0.1, 0.15) is 121 Å². The van der Waals surface area contributed by atoms with Gasteiger partial charge in [0.05, 0.1) is 94.1 Å². The summed E-state index contributed by atoms with van der Waals surface area (Å²) in [5.74, 6) is 1.99. The van der Waals surface area contributed by atoms with E-state index in [1.807, 2.05) is 18.2 Å². The third-order valence-corrected chi connectivity index (χ3v) is 27.5. The number of aromatic hydroxyl groups is 1. The number of aromatic nitrogens is 12. The Morgan fingerprint density at radius 3 is 1.32 bits per heavy atom. The summed E-state index contributed by atoms with van der Waals surface area (Å²) in [5, 5.41) is 42.5. The van der Waals surface area contributed by atoms with Gasteiger partial charge in [0.2, 0.25) is 19.7 Å². The molecular weight excluding hydrogens is 1820 g/mol. The maximum Gasteiger partial charge on any atom is 0.414 e. The number of aromatic amines is 3. The van der Waals surface area contributed by atoms with E-state index >= 15 is 8.78 Å². The average molecular weight is 2080 g/mol. The first-order valence-electron chi connectivity index (χ1n) is 83.8. The van der Waals surface area contributed by atoms with Crippen LogP contribution in [0.3, 0.4) is 0 Å². The third kappa shape index (κ3) is 21.1. The summed E-state index contributed by atoms with van der Waals surface area (Å²) in [5.41, 5.74) is 21.6. The number of nitriles is 3. The molecule has 3 aliphatic carbocycles. The number of hydrogen-bond acceptors (Lipinski definition) is 32. The van der Waals surface area contributed by atoms with Crippen LogP contribution in [0.15, 0.2) is 150 Å². The molecule has 2 amide bonds. The monoisotopic (exact) mass is 2080 g/mol. The summed E-state index contributed by atoms with van der Waals surface area (Å²) in [6.07, 6.45) is 8.94. The largest absolute Gasteiger partial charge is 0.506 e. The van der Waals surface area contributed by atoms with Crippen LogP contribution in [0, 0.1) is 69.2 Å². The Morgan fingerprint density at radius 2 is 0.949 bits per heavy atom. The van der Waals surface area contributed by atoms with Crippen molar-refractivity contribution in [2.75, 3.05) is 79.9 Å². The van der Waals surface area contributed by atoms with Crippen LogP contribution in [0.25, 0.3) is 65.8 Å². The van der Waals surface area contributed by atoms with E-state index in [1.165, 1.54) is 108 Å². The molecular formula is C96H183F3N24O13S2. The molecule has 14 aromatic rings. The van der Waals surface area contributed by atoms with E-state index in [4.69, 9.17) is 195 Å². The van der Waals surface area contributed by atoms with Crippen molar-refractivity contribution in [3.05, 3.63) is 186 Å². The van der Waals surface area contributed by atoms with E-state index in [0.717, 1.165) is 72.1 Å². The van der Waals surface area contributed by atoms with Crippen LogP contribution in [-0.2, 0) is 40.7 Å². The first-order chi connectivity index (χ1) is 105. The number of benzene rings is 5. The van der Waals surface area contributed by atoms with Gasteiger partial charge in [0.15, 0.2) is 5.03 Å². The molecule has 12 heterocycles. The van der Waals surface area contributed by atoms with Gasteiger partial charge in [-0.25, -0.2) is 64.5 Å². The molecule has 9 aromatic heterocycles. The number of anilines is 5. The second kappa shape index (κ2) is 39.4. The summed E-state index contributed by atoms with van der Waals surface area (Å²) in [4.78, 5) is 80.9. The van der Waals surface area contributed by atoms with E-state index in [1.54, 1.807) is 121 Å². The average Bonchev–Trinajstić information content (AvgIpc) is 1.57. The van der Waals surface area contributed by atoms with Gasteiger partial charge in [-0.05, 0) is 213 Å². The van der Waals surface area contributed by atoms with Gasteiger partial charge < -0.3 is 86.1 Å². The molecule has 5 aromatic carbocycles. The lowest BCUT2D eigenvalue weighted by molar-refractivity contribution is 0.0579. The number of nitrogens with one attached hydrogen (secondary N) is 5. The SMILES string of the molecule is C.CN(C(=O)OC(C)(C)C)c1cc(F)cc2c1[nH]c1nc(Oc3ccc(C#N)nc3)nc(N3C[C@H]4C[C@@H]3C[C@H]4N)c12.CNc1cc(F)cc2c1[nH]c1nc(Oc3ccc(C#N)nc3)nc(N3C[C@H]4C[C@@H]3C[C@H]4N)c12.COc1ccc(CS(=O)(=O)c2nc(S(=O)(=O)Cc3ccc(OC)cc3)c3c(n2)[nH]c2c(N(C)C(=O)OC(C)(C)C)cc(F)cc23)cc1.N#Cc1ccc(O)cn1.N[C@@H]1C[C@H]2C[C@@H]1CN2.[2H][2H].[2H][2H].[2H][2H].[2H][2H].[2H][2H].[2H][2H].[2H][2H].[2H][2H].[2H][2H].[2H][2H].[2H][2H].[2H][2H].[2H][2H].[2H][2H].[2H][2H].[2H][2H].[2H][2H].[2H][2H].[2H][2H].[2H][2H].[2H][2H].[2H][2H].[2H][2H].[2H][2H].[2H][2H].[2H][2H].[2H][2H].[2H][2H].[2H][2H].[2H][2H].[2H][2H].[2H][2H].[2H][2H].[2H][2H].[2H][2H].[2H][2H].[2H][2H].[2H][2H].[2H][2H].[2H][2H]. The topological polar surface area (TPSA) is 528 Å². The van der Waals surface area contributed by atoms with Crippen LogP contribution in [0.5, 0.6) is 40.8 Å². The molecule has 20 rings (SSSR count). The lowest BCUT2D eigenvalue weighted by Gasteiger charge is -2.31. The highest BCUT2D eigenvalue weighted by Gasteiger charge is 2.47. The number of piperidine rings is 3. The van der Waals surface area contributed by atoms with E-state index in [2.05, 4.69) is 70.3 Å². The molecule has 3 saturated heterocycles. The molecule has 0 radical (unpaired) electrons. The molecule has 37 nitrogen and oxygen atoms in total. The van der Waals surface area contributed by atoms with Crippen LogP contribution < -0.4 is 66.4 Å². The molecule has 6 fully saturated rings. The number of nitrogens with two attached hydrogens (primary N) is 3. The Kier molecular flexibility index (Phi) is 16.7. The highest BCUT2D eigenvalue weighted by molar-refractivity contribution is 7.91. The fourth-order valence-electron chi connectivity index (χ4n) is 18.0. The lowest BCUT2D eigenvalue weighted by atomic mass is 10.0. The molecule has 0 unspecified atom stereocenters. The van der Waals surface area contributed by atoms with Crippen LogP contribution in [-0.4, -0.2) is 196 Å². The summed E-state index contributed by atoms with van der Waals surface area (Å²) < 4.78 is 533. The number of carbonyl (C=O) groups is 2.